The lowest BCUT2D eigenvalue weighted by molar-refractivity contribution is 0.0339. The van der Waals surface area contributed by atoms with Crippen LogP contribution in [0.2, 0.25) is 0 Å². The highest BCUT2D eigenvalue weighted by Crippen LogP contribution is 2.30. The second-order valence-electron chi connectivity index (χ2n) is 8.07. The Morgan fingerprint density at radius 1 is 1.04 bits per heavy atom. The summed E-state index contributed by atoms with van der Waals surface area (Å²) in [6.45, 7) is 9.68. The van der Waals surface area contributed by atoms with Gasteiger partial charge in [-0.3, -0.25) is 9.80 Å². The van der Waals surface area contributed by atoms with Gasteiger partial charge in [0.15, 0.2) is 9.84 Å². The zero-order valence-corrected chi connectivity index (χ0v) is 17.1. The van der Waals surface area contributed by atoms with Gasteiger partial charge < -0.3 is 4.98 Å². The number of aryl methyl sites for hydroxylation is 3. The van der Waals surface area contributed by atoms with Crippen molar-refractivity contribution >= 4 is 9.84 Å². The van der Waals surface area contributed by atoms with Crippen LogP contribution in [0.3, 0.4) is 0 Å². The summed E-state index contributed by atoms with van der Waals surface area (Å²) in [6.07, 6.45) is 3.56. The zero-order valence-electron chi connectivity index (χ0n) is 16.3. The minimum atomic E-state index is -3.01. The molecule has 0 saturated carbocycles. The van der Waals surface area contributed by atoms with Crippen LogP contribution in [0.25, 0.3) is 0 Å². The Kier molecular flexibility index (Phi) is 4.86. The first-order valence-corrected chi connectivity index (χ1v) is 11.4. The molecule has 0 amide bonds. The van der Waals surface area contributed by atoms with Crippen molar-refractivity contribution in [3.05, 3.63) is 52.6 Å². The quantitative estimate of drug-likeness (QED) is 0.865. The first-order chi connectivity index (χ1) is 12.8. The molecule has 2 aliphatic rings. The molecule has 4 rings (SSSR count). The number of benzene rings is 1. The van der Waals surface area contributed by atoms with Crippen molar-refractivity contribution in [3.63, 3.8) is 0 Å². The van der Waals surface area contributed by atoms with E-state index in [0.29, 0.717) is 6.54 Å². The minimum Gasteiger partial charge on any atom is -0.348 e. The summed E-state index contributed by atoms with van der Waals surface area (Å²) in [4.78, 5) is 12.1. The molecular weight excluding hydrogens is 360 g/mol. The van der Waals surface area contributed by atoms with Gasteiger partial charge in [0.05, 0.1) is 18.1 Å². The monoisotopic (exact) mass is 388 g/mol. The summed E-state index contributed by atoms with van der Waals surface area (Å²) >= 11 is 0. The molecule has 7 heteroatoms. The predicted molar refractivity (Wildman–Crippen MR) is 106 cm³/mol. The number of imidazole rings is 1. The molecule has 1 aromatic heterocycles. The Bertz CT molecular complexity index is 900. The molecule has 2 aromatic rings. The fourth-order valence-corrected chi connectivity index (χ4v) is 6.77. The molecule has 0 bridgehead atoms. The van der Waals surface area contributed by atoms with Crippen molar-refractivity contribution in [1.29, 1.82) is 0 Å². The van der Waals surface area contributed by atoms with Gasteiger partial charge in [0, 0.05) is 44.1 Å². The molecule has 0 unspecified atom stereocenters. The smallest absolute Gasteiger partial charge is 0.153 e. The van der Waals surface area contributed by atoms with Crippen LogP contribution in [-0.4, -0.2) is 64.9 Å². The number of piperazine rings is 1. The fourth-order valence-electron chi connectivity index (χ4n) is 4.73. The number of nitrogens with zero attached hydrogens (tertiary/aromatic N) is 3. The number of aromatic nitrogens is 2. The Balaban J connectivity index is 1.57. The van der Waals surface area contributed by atoms with Gasteiger partial charge >= 0.3 is 0 Å². The standard InChI is InChI=1S/C20H28N4O2S/c1-14-8-15(2)17(16(3)9-14)10-23-6-7-24(11-20-21-4-5-22-20)19-13-27(25,26)12-18(19)23/h4-5,8-9,18-19H,6-7,10-13H2,1-3H3,(H,21,22)/t18-,19+/m0/s1. The van der Waals surface area contributed by atoms with Crippen molar-refractivity contribution in [1.82, 2.24) is 19.8 Å². The summed E-state index contributed by atoms with van der Waals surface area (Å²) in [7, 11) is -3.01. The highest BCUT2D eigenvalue weighted by atomic mass is 32.2. The Labute approximate surface area is 161 Å². The molecule has 146 valence electrons. The highest BCUT2D eigenvalue weighted by Gasteiger charge is 2.46. The van der Waals surface area contributed by atoms with Crippen molar-refractivity contribution in [2.24, 2.45) is 0 Å². The van der Waals surface area contributed by atoms with E-state index < -0.39 is 9.84 Å². The lowest BCUT2D eigenvalue weighted by Gasteiger charge is -2.44. The number of hydrogen-bond donors (Lipinski definition) is 1. The van der Waals surface area contributed by atoms with Crippen LogP contribution < -0.4 is 0 Å². The fraction of sp³-hybridized carbons (Fsp3) is 0.550. The summed E-state index contributed by atoms with van der Waals surface area (Å²) in [6, 6.07) is 4.54. The van der Waals surface area contributed by atoms with E-state index in [2.05, 4.69) is 52.7 Å². The van der Waals surface area contributed by atoms with E-state index in [1.165, 1.54) is 22.3 Å². The molecule has 2 atom stereocenters. The van der Waals surface area contributed by atoms with E-state index >= 15 is 0 Å². The molecule has 3 heterocycles. The van der Waals surface area contributed by atoms with Gasteiger partial charge in [-0.2, -0.15) is 0 Å². The lowest BCUT2D eigenvalue weighted by Crippen LogP contribution is -2.58. The second-order valence-corrected chi connectivity index (χ2v) is 10.2. The van der Waals surface area contributed by atoms with E-state index in [1.54, 1.807) is 6.20 Å². The van der Waals surface area contributed by atoms with Gasteiger partial charge in [0.25, 0.3) is 0 Å². The molecule has 0 radical (unpaired) electrons. The Morgan fingerprint density at radius 3 is 2.19 bits per heavy atom. The molecule has 1 aromatic carbocycles. The van der Waals surface area contributed by atoms with Crippen LogP contribution >= 0.6 is 0 Å². The van der Waals surface area contributed by atoms with Gasteiger partial charge in [-0.15, -0.1) is 0 Å². The third-order valence-corrected chi connectivity index (χ3v) is 7.71. The van der Waals surface area contributed by atoms with Crippen LogP contribution in [0.4, 0.5) is 0 Å². The molecule has 27 heavy (non-hydrogen) atoms. The number of H-pyrrole nitrogens is 1. The summed E-state index contributed by atoms with van der Waals surface area (Å²) < 4.78 is 24.9. The van der Waals surface area contributed by atoms with Crippen LogP contribution in [-0.2, 0) is 22.9 Å². The molecule has 2 aliphatic heterocycles. The average molecular weight is 389 g/mol. The maximum atomic E-state index is 12.4. The van der Waals surface area contributed by atoms with Crippen molar-refractivity contribution < 1.29 is 8.42 Å². The summed E-state index contributed by atoms with van der Waals surface area (Å²) in [5.41, 5.74) is 5.20. The van der Waals surface area contributed by atoms with Crippen LogP contribution in [0, 0.1) is 20.8 Å². The van der Waals surface area contributed by atoms with Gasteiger partial charge in [-0.05, 0) is 37.5 Å². The predicted octanol–water partition coefficient (Wildman–Crippen LogP) is 1.82. The van der Waals surface area contributed by atoms with Crippen LogP contribution in [0.15, 0.2) is 24.5 Å². The number of nitrogens with one attached hydrogen (secondary N) is 1. The molecule has 2 fully saturated rings. The minimum absolute atomic E-state index is 0.0416. The summed E-state index contributed by atoms with van der Waals surface area (Å²) in [5.74, 6) is 1.41. The number of hydrogen-bond acceptors (Lipinski definition) is 5. The van der Waals surface area contributed by atoms with Gasteiger partial charge in [-0.25, -0.2) is 13.4 Å². The van der Waals surface area contributed by atoms with E-state index in [9.17, 15) is 8.42 Å². The van der Waals surface area contributed by atoms with Crippen molar-refractivity contribution in [3.8, 4) is 0 Å². The number of rotatable bonds is 4. The van der Waals surface area contributed by atoms with Gasteiger partial charge in [0.2, 0.25) is 0 Å². The normalized spacial score (nSPS) is 25.6. The zero-order chi connectivity index (χ0) is 19.2. The maximum absolute atomic E-state index is 12.4. The van der Waals surface area contributed by atoms with E-state index in [1.807, 2.05) is 6.20 Å². The van der Waals surface area contributed by atoms with Crippen LogP contribution in [0.5, 0.6) is 0 Å². The number of aromatic amines is 1. The molecular formula is C20H28N4O2S. The topological polar surface area (TPSA) is 69.3 Å². The molecule has 1 N–H and O–H groups in total. The third-order valence-electron chi connectivity index (χ3n) is 6.02. The Hall–Kier alpha value is -1.70. The molecule has 0 aliphatic carbocycles. The second kappa shape index (κ2) is 7.04. The summed E-state index contributed by atoms with van der Waals surface area (Å²) in [5, 5.41) is 0. The highest BCUT2D eigenvalue weighted by molar-refractivity contribution is 7.91. The van der Waals surface area contributed by atoms with E-state index in [0.717, 1.165) is 25.5 Å². The average Bonchev–Trinajstić information content (AvgIpc) is 3.19. The van der Waals surface area contributed by atoms with Crippen molar-refractivity contribution in [2.75, 3.05) is 24.6 Å². The van der Waals surface area contributed by atoms with E-state index in [-0.39, 0.29) is 23.6 Å². The maximum Gasteiger partial charge on any atom is 0.153 e. The molecule has 0 spiro atoms. The molecule has 2 saturated heterocycles. The van der Waals surface area contributed by atoms with Crippen molar-refractivity contribution in [2.45, 2.75) is 45.9 Å². The number of fused-ring (bicyclic) bond motifs is 1. The number of sulfone groups is 1. The SMILES string of the molecule is Cc1cc(C)c(CN2CCN(Cc3ncc[nH]3)[C@@H]3CS(=O)(=O)C[C@@H]32)c(C)c1. The Morgan fingerprint density at radius 2 is 1.63 bits per heavy atom. The largest absolute Gasteiger partial charge is 0.348 e. The van der Waals surface area contributed by atoms with E-state index in [4.69, 9.17) is 0 Å². The third kappa shape index (κ3) is 3.81. The first-order valence-electron chi connectivity index (χ1n) is 9.56. The lowest BCUT2D eigenvalue weighted by atomic mass is 9.97. The first kappa shape index (κ1) is 18.7. The molecule has 6 nitrogen and oxygen atoms in total. The van der Waals surface area contributed by atoms with Gasteiger partial charge in [0.1, 0.15) is 5.82 Å². The van der Waals surface area contributed by atoms with Crippen LogP contribution in [0.1, 0.15) is 28.1 Å². The van der Waals surface area contributed by atoms with Gasteiger partial charge in [-0.1, -0.05) is 17.7 Å².